The first-order valence-corrected chi connectivity index (χ1v) is 10.2. The van der Waals surface area contributed by atoms with Gasteiger partial charge >= 0.3 is 0 Å². The molecule has 0 spiro atoms. The third-order valence-corrected chi connectivity index (χ3v) is 6.17. The molecule has 1 fully saturated rings. The molecule has 0 radical (unpaired) electrons. The maximum atomic E-state index is 12.9. The minimum Gasteiger partial charge on any atom is -0.324 e. The third-order valence-electron chi connectivity index (χ3n) is 6.17. The van der Waals surface area contributed by atoms with E-state index in [9.17, 15) is 4.79 Å². The van der Waals surface area contributed by atoms with Crippen LogP contribution in [0.1, 0.15) is 46.1 Å². The smallest absolute Gasteiger partial charge is 0.252 e. The average Bonchev–Trinajstić information content (AvgIpc) is 2.69. The molecule has 2 heterocycles. The number of hydrogen-bond donors (Lipinski definition) is 1. The predicted molar refractivity (Wildman–Crippen MR) is 114 cm³/mol. The maximum absolute atomic E-state index is 12.9. The highest BCUT2D eigenvalue weighted by molar-refractivity contribution is 5.75. The van der Waals surface area contributed by atoms with Gasteiger partial charge in [0.2, 0.25) is 5.95 Å². The number of hydrogen-bond acceptors (Lipinski definition) is 4. The van der Waals surface area contributed by atoms with E-state index < -0.39 is 0 Å². The summed E-state index contributed by atoms with van der Waals surface area (Å²) >= 11 is 0. The number of para-hydroxylation sites is 1. The van der Waals surface area contributed by atoms with Gasteiger partial charge in [0, 0.05) is 29.4 Å². The molecule has 1 saturated carbocycles. The van der Waals surface area contributed by atoms with Gasteiger partial charge in [0.1, 0.15) is 5.65 Å². The molecular weight excluding hydrogens is 348 g/mol. The van der Waals surface area contributed by atoms with Gasteiger partial charge in [-0.3, -0.25) is 9.36 Å². The van der Waals surface area contributed by atoms with E-state index in [-0.39, 0.29) is 11.6 Å². The van der Waals surface area contributed by atoms with Gasteiger partial charge in [-0.25, -0.2) is 4.98 Å². The molecule has 0 amide bonds. The Kier molecular flexibility index (Phi) is 5.16. The molecule has 0 aliphatic heterocycles. The average molecular weight is 377 g/mol. The van der Waals surface area contributed by atoms with E-state index in [0.29, 0.717) is 23.7 Å². The first-order valence-electron chi connectivity index (χ1n) is 10.2. The van der Waals surface area contributed by atoms with Crippen LogP contribution in [0.5, 0.6) is 0 Å². The number of benzene rings is 1. The Balaban J connectivity index is 1.77. The Morgan fingerprint density at radius 1 is 1.11 bits per heavy atom. The molecule has 1 N–H and O–H groups in total. The number of rotatable bonds is 4. The third kappa shape index (κ3) is 3.66. The Morgan fingerprint density at radius 3 is 2.64 bits per heavy atom. The molecule has 3 aromatic rings. The molecule has 3 atom stereocenters. The van der Waals surface area contributed by atoms with Crippen LogP contribution >= 0.6 is 0 Å². The topological polar surface area (TPSA) is 59.8 Å². The molecule has 2 aromatic heterocycles. The van der Waals surface area contributed by atoms with Gasteiger partial charge in [-0.05, 0) is 55.2 Å². The number of aromatic nitrogens is 3. The minimum absolute atomic E-state index is 0.0260. The molecule has 5 heteroatoms. The molecular formula is C23H28N4O. The number of pyridine rings is 1. The summed E-state index contributed by atoms with van der Waals surface area (Å²) in [5.41, 5.74) is 1.68. The van der Waals surface area contributed by atoms with E-state index in [0.717, 1.165) is 29.6 Å². The van der Waals surface area contributed by atoms with E-state index >= 15 is 0 Å². The minimum atomic E-state index is 0.0260. The lowest BCUT2D eigenvalue weighted by molar-refractivity contribution is 0.162. The number of nitrogens with one attached hydrogen (secondary N) is 1. The number of anilines is 2. The van der Waals surface area contributed by atoms with Gasteiger partial charge < -0.3 is 5.32 Å². The lowest BCUT2D eigenvalue weighted by Gasteiger charge is -2.37. The summed E-state index contributed by atoms with van der Waals surface area (Å²) in [6, 6.07) is 13.5. The van der Waals surface area contributed by atoms with Gasteiger partial charge in [-0.15, -0.1) is 0 Å². The van der Waals surface area contributed by atoms with Crippen LogP contribution in [0.15, 0.2) is 53.5 Å². The summed E-state index contributed by atoms with van der Waals surface area (Å²) in [5.74, 6) is 2.25. The molecule has 1 aromatic carbocycles. The van der Waals surface area contributed by atoms with Crippen LogP contribution in [-0.2, 0) is 0 Å². The highest BCUT2D eigenvalue weighted by Gasteiger charge is 2.32. The highest BCUT2D eigenvalue weighted by Crippen LogP contribution is 2.40. The van der Waals surface area contributed by atoms with Crippen molar-refractivity contribution in [1.82, 2.24) is 14.5 Å². The Bertz CT molecular complexity index is 1010. The van der Waals surface area contributed by atoms with Crippen molar-refractivity contribution in [3.8, 4) is 0 Å². The van der Waals surface area contributed by atoms with Crippen molar-refractivity contribution in [3.05, 3.63) is 59.0 Å². The molecule has 0 saturated heterocycles. The lowest BCUT2D eigenvalue weighted by atomic mass is 9.74. The standard InChI is InChI=1S/C23H28N4O/c1-15(2)17-10-9-16(3)20(13-17)27-21(28)12-11-18-14-24-23(26-22(18)27)25-19-7-5-4-6-8-19/h4-8,11-12,14-17,20H,9-10,13H2,1-3H3,(H,24,25,26). The first-order chi connectivity index (χ1) is 13.5. The maximum Gasteiger partial charge on any atom is 0.252 e. The van der Waals surface area contributed by atoms with E-state index in [2.05, 4.69) is 31.1 Å². The van der Waals surface area contributed by atoms with Crippen molar-refractivity contribution in [2.45, 2.75) is 46.1 Å². The van der Waals surface area contributed by atoms with Crippen LogP contribution in [-0.4, -0.2) is 14.5 Å². The second-order valence-corrected chi connectivity index (χ2v) is 8.37. The van der Waals surface area contributed by atoms with Crippen LogP contribution in [0.3, 0.4) is 0 Å². The van der Waals surface area contributed by atoms with E-state index in [1.54, 1.807) is 12.3 Å². The Labute approximate surface area is 165 Å². The van der Waals surface area contributed by atoms with E-state index in [1.165, 1.54) is 6.42 Å². The van der Waals surface area contributed by atoms with Crippen LogP contribution in [0.25, 0.3) is 11.0 Å². The van der Waals surface area contributed by atoms with Crippen LogP contribution in [0, 0.1) is 17.8 Å². The summed E-state index contributed by atoms with van der Waals surface area (Å²) in [7, 11) is 0. The van der Waals surface area contributed by atoms with Gasteiger partial charge in [0.15, 0.2) is 0 Å². The molecule has 5 nitrogen and oxygen atoms in total. The van der Waals surface area contributed by atoms with Crippen molar-refractivity contribution in [1.29, 1.82) is 0 Å². The fourth-order valence-corrected chi connectivity index (χ4v) is 4.36. The summed E-state index contributed by atoms with van der Waals surface area (Å²) < 4.78 is 1.92. The van der Waals surface area contributed by atoms with Gasteiger partial charge in [-0.1, -0.05) is 39.0 Å². The fraction of sp³-hybridized carbons (Fsp3) is 0.435. The SMILES string of the molecule is CC(C)C1CCC(C)C(n2c(=O)ccc3cnc(Nc4ccccc4)nc32)C1. The largest absolute Gasteiger partial charge is 0.324 e. The normalized spacial score (nSPS) is 22.5. The predicted octanol–water partition coefficient (Wildman–Crippen LogP) is 5.17. The zero-order valence-electron chi connectivity index (χ0n) is 16.8. The van der Waals surface area contributed by atoms with Gasteiger partial charge in [0.05, 0.1) is 0 Å². The molecule has 1 aliphatic carbocycles. The fourth-order valence-electron chi connectivity index (χ4n) is 4.36. The summed E-state index contributed by atoms with van der Waals surface area (Å²) in [4.78, 5) is 22.1. The van der Waals surface area contributed by atoms with Crippen LogP contribution in [0.4, 0.5) is 11.6 Å². The lowest BCUT2D eigenvalue weighted by Crippen LogP contribution is -2.34. The summed E-state index contributed by atoms with van der Waals surface area (Å²) in [5, 5.41) is 4.15. The second kappa shape index (κ2) is 7.74. The molecule has 4 rings (SSSR count). The van der Waals surface area contributed by atoms with Gasteiger partial charge in [0.25, 0.3) is 5.56 Å². The van der Waals surface area contributed by atoms with E-state index in [4.69, 9.17) is 4.98 Å². The van der Waals surface area contributed by atoms with Gasteiger partial charge in [-0.2, -0.15) is 4.98 Å². The van der Waals surface area contributed by atoms with E-state index in [1.807, 2.05) is 41.0 Å². The molecule has 3 unspecified atom stereocenters. The van der Waals surface area contributed by atoms with Crippen molar-refractivity contribution in [3.63, 3.8) is 0 Å². The van der Waals surface area contributed by atoms with Crippen molar-refractivity contribution >= 4 is 22.7 Å². The quantitative estimate of drug-likeness (QED) is 0.682. The molecule has 28 heavy (non-hydrogen) atoms. The molecule has 1 aliphatic rings. The summed E-state index contributed by atoms with van der Waals surface area (Å²) in [6.07, 6.45) is 5.22. The van der Waals surface area contributed by atoms with Crippen molar-refractivity contribution in [2.75, 3.05) is 5.32 Å². The van der Waals surface area contributed by atoms with Crippen LogP contribution in [0.2, 0.25) is 0 Å². The Hall–Kier alpha value is -2.69. The highest BCUT2D eigenvalue weighted by atomic mass is 16.1. The zero-order chi connectivity index (χ0) is 19.7. The number of fused-ring (bicyclic) bond motifs is 1. The van der Waals surface area contributed by atoms with Crippen molar-refractivity contribution in [2.24, 2.45) is 17.8 Å². The Morgan fingerprint density at radius 2 is 1.89 bits per heavy atom. The molecule has 146 valence electrons. The monoisotopic (exact) mass is 376 g/mol. The second-order valence-electron chi connectivity index (χ2n) is 8.37. The number of nitrogens with zero attached hydrogens (tertiary/aromatic N) is 3. The van der Waals surface area contributed by atoms with Crippen LogP contribution < -0.4 is 10.9 Å². The summed E-state index contributed by atoms with van der Waals surface area (Å²) in [6.45, 7) is 6.83. The first kappa shape index (κ1) is 18.7. The molecule has 0 bridgehead atoms. The zero-order valence-corrected chi connectivity index (χ0v) is 16.8. The van der Waals surface area contributed by atoms with Crippen molar-refractivity contribution < 1.29 is 0 Å².